The second-order valence-electron chi connectivity index (χ2n) is 9.53. The number of hydrogen-bond acceptors (Lipinski definition) is 3. The Labute approximate surface area is 186 Å². The van der Waals surface area contributed by atoms with Crippen LogP contribution in [0, 0.1) is 11.3 Å². The largest absolute Gasteiger partial charge is 0.497 e. The molecule has 2 aliphatic rings. The molecule has 1 aliphatic heterocycles. The average molecular weight is 428 g/mol. The van der Waals surface area contributed by atoms with Crippen LogP contribution in [0.25, 0.3) is 0 Å². The summed E-state index contributed by atoms with van der Waals surface area (Å²) in [6.45, 7) is 7.76. The summed E-state index contributed by atoms with van der Waals surface area (Å²) < 4.78 is 5.37. The van der Waals surface area contributed by atoms with Crippen molar-refractivity contribution in [3.8, 4) is 5.75 Å². The Morgan fingerprint density at radius 3 is 2.40 bits per heavy atom. The normalized spacial score (nSPS) is 24.4. The van der Waals surface area contributed by atoms with Crippen LogP contribution in [0.15, 0.2) is 53.5 Å². The van der Waals surface area contributed by atoms with Gasteiger partial charge in [0.2, 0.25) is 0 Å². The zero-order valence-corrected chi connectivity index (χ0v) is 19.3. The van der Waals surface area contributed by atoms with Crippen molar-refractivity contribution in [3.05, 3.63) is 54.1 Å². The van der Waals surface area contributed by atoms with E-state index in [9.17, 15) is 0 Å². The van der Waals surface area contributed by atoms with Crippen LogP contribution in [0.1, 0.15) is 52.0 Å². The third kappa shape index (κ3) is 4.59. The average Bonchev–Trinajstić information content (AvgIpc) is 2.72. The fourth-order valence-corrected chi connectivity index (χ4v) is 4.74. The first-order chi connectivity index (χ1) is 13.9. The van der Waals surface area contributed by atoms with E-state index in [-0.39, 0.29) is 17.9 Å². The summed E-state index contributed by atoms with van der Waals surface area (Å²) in [6, 6.07) is 16.6. The fourth-order valence-electron chi connectivity index (χ4n) is 4.74. The maximum absolute atomic E-state index is 5.37. The van der Waals surface area contributed by atoms with E-state index >= 15 is 0 Å². The Hall–Kier alpha value is -2.20. The lowest BCUT2D eigenvalue weighted by molar-refractivity contribution is 0.161. The number of halogens is 1. The van der Waals surface area contributed by atoms with E-state index in [0.717, 1.165) is 41.6 Å². The lowest BCUT2D eigenvalue weighted by Gasteiger charge is -2.48. The van der Waals surface area contributed by atoms with Crippen LogP contribution in [0.2, 0.25) is 0 Å². The number of methoxy groups -OCH3 is 1. The Morgan fingerprint density at radius 2 is 1.73 bits per heavy atom. The predicted molar refractivity (Wildman–Crippen MR) is 129 cm³/mol. The number of anilines is 2. The molecule has 1 saturated carbocycles. The number of aliphatic imine (C=N–C) groups is 1. The molecule has 1 spiro atoms. The van der Waals surface area contributed by atoms with E-state index in [2.05, 4.69) is 67.8 Å². The van der Waals surface area contributed by atoms with Gasteiger partial charge in [0.1, 0.15) is 11.6 Å². The topological polar surface area (TPSA) is 45.6 Å². The summed E-state index contributed by atoms with van der Waals surface area (Å²) in [4.78, 5) is 5.08. The van der Waals surface area contributed by atoms with Crippen molar-refractivity contribution in [2.24, 2.45) is 16.3 Å². The molecule has 0 bridgehead atoms. The van der Waals surface area contributed by atoms with Crippen molar-refractivity contribution >= 4 is 29.6 Å². The molecule has 0 amide bonds. The van der Waals surface area contributed by atoms with Gasteiger partial charge < -0.3 is 15.4 Å². The summed E-state index contributed by atoms with van der Waals surface area (Å²) in [5.41, 5.74) is 3.72. The van der Waals surface area contributed by atoms with Gasteiger partial charge in [0, 0.05) is 0 Å². The molecule has 4 nitrogen and oxygen atoms in total. The summed E-state index contributed by atoms with van der Waals surface area (Å²) in [7, 11) is 1.71. The fraction of sp³-hybridized carbons (Fsp3) is 0.480. The number of fused-ring (bicyclic) bond motifs is 1. The molecule has 0 aromatic heterocycles. The molecule has 162 valence electrons. The summed E-state index contributed by atoms with van der Waals surface area (Å²) >= 11 is 0. The molecule has 2 aromatic carbocycles. The highest BCUT2D eigenvalue weighted by molar-refractivity contribution is 6.09. The third-order valence-electron chi connectivity index (χ3n) is 6.63. The van der Waals surface area contributed by atoms with Gasteiger partial charge in [-0.25, -0.2) is 0 Å². The van der Waals surface area contributed by atoms with Gasteiger partial charge in [-0.2, -0.15) is 0 Å². The van der Waals surface area contributed by atoms with Crippen LogP contribution in [0.4, 0.5) is 11.4 Å². The van der Waals surface area contributed by atoms with Gasteiger partial charge in [-0.15, -0.1) is 12.4 Å². The molecule has 2 aromatic rings. The zero-order chi connectivity index (χ0) is 20.5. The van der Waals surface area contributed by atoms with Crippen molar-refractivity contribution in [2.45, 2.75) is 58.5 Å². The molecule has 4 rings (SSSR count). The summed E-state index contributed by atoms with van der Waals surface area (Å²) in [6.07, 6.45) is 4.65. The second-order valence-corrected chi connectivity index (χ2v) is 9.53. The van der Waals surface area contributed by atoms with Crippen LogP contribution in [-0.4, -0.2) is 18.5 Å². The monoisotopic (exact) mass is 427 g/mol. The van der Waals surface area contributed by atoms with Crippen LogP contribution in [-0.2, 0) is 6.54 Å². The molecule has 1 heterocycles. The van der Waals surface area contributed by atoms with Crippen molar-refractivity contribution in [1.82, 2.24) is 0 Å². The lowest BCUT2D eigenvalue weighted by atomic mass is 9.66. The van der Waals surface area contributed by atoms with Gasteiger partial charge in [-0.1, -0.05) is 45.0 Å². The smallest absolute Gasteiger partial charge is 0.127 e. The number of benzene rings is 2. The molecular weight excluding hydrogens is 394 g/mol. The molecular formula is C25H34ClN3O. The quantitative estimate of drug-likeness (QED) is 0.585. The number of hydrogen-bond donors (Lipinski definition) is 2. The van der Waals surface area contributed by atoms with Crippen LogP contribution >= 0.6 is 12.4 Å². The van der Waals surface area contributed by atoms with E-state index in [1.54, 1.807) is 7.11 Å². The van der Waals surface area contributed by atoms with Gasteiger partial charge in [-0.3, -0.25) is 4.99 Å². The minimum atomic E-state index is -0.102. The molecule has 1 aliphatic carbocycles. The first-order valence-electron chi connectivity index (χ1n) is 10.7. The number of nitrogens with one attached hydrogen (secondary N) is 2. The molecule has 0 radical (unpaired) electrons. The van der Waals surface area contributed by atoms with Crippen LogP contribution in [0.5, 0.6) is 5.75 Å². The SMILES string of the molecule is COc1cccc(CN=C2Nc3ccccc3NC23CCC(C(C)(C)C)CC3)c1.Cl. The second kappa shape index (κ2) is 8.89. The number of para-hydroxylation sites is 2. The van der Waals surface area contributed by atoms with Crippen molar-refractivity contribution < 1.29 is 4.74 Å². The van der Waals surface area contributed by atoms with Crippen molar-refractivity contribution in [3.63, 3.8) is 0 Å². The summed E-state index contributed by atoms with van der Waals surface area (Å²) in [5, 5.41) is 7.54. The molecule has 0 saturated heterocycles. The molecule has 0 atom stereocenters. The first kappa shape index (κ1) is 22.5. The standard InChI is InChI=1S/C25H33N3O.ClH/c1-24(2,3)19-12-14-25(15-13-19)23(27-21-10-5-6-11-22(21)28-25)26-17-18-8-7-9-20(16-18)29-4;/h5-11,16,19,28H,12-15,17H2,1-4H3,(H,26,27);1H. The van der Waals surface area contributed by atoms with Crippen molar-refractivity contribution in [2.75, 3.05) is 17.7 Å². The van der Waals surface area contributed by atoms with Gasteiger partial charge >= 0.3 is 0 Å². The lowest BCUT2D eigenvalue weighted by Crippen LogP contribution is -2.55. The van der Waals surface area contributed by atoms with E-state index in [1.165, 1.54) is 18.5 Å². The van der Waals surface area contributed by atoms with Crippen molar-refractivity contribution in [1.29, 1.82) is 0 Å². The van der Waals surface area contributed by atoms with E-state index in [4.69, 9.17) is 9.73 Å². The van der Waals surface area contributed by atoms with Gasteiger partial charge in [0.05, 0.1) is 30.6 Å². The molecule has 1 fully saturated rings. The molecule has 5 heteroatoms. The predicted octanol–water partition coefficient (Wildman–Crippen LogP) is 6.53. The maximum atomic E-state index is 5.37. The number of ether oxygens (including phenoxy) is 1. The Kier molecular flexibility index (Phi) is 6.66. The van der Waals surface area contributed by atoms with Gasteiger partial charge in [0.25, 0.3) is 0 Å². The maximum Gasteiger partial charge on any atom is 0.127 e. The third-order valence-corrected chi connectivity index (χ3v) is 6.63. The highest BCUT2D eigenvalue weighted by atomic mass is 35.5. The van der Waals surface area contributed by atoms with Gasteiger partial charge in [-0.05, 0) is 66.8 Å². The summed E-state index contributed by atoms with van der Waals surface area (Å²) in [5.74, 6) is 2.71. The number of amidine groups is 1. The first-order valence-corrected chi connectivity index (χ1v) is 10.7. The molecule has 0 unspecified atom stereocenters. The van der Waals surface area contributed by atoms with Crippen LogP contribution in [0.3, 0.4) is 0 Å². The Bertz CT molecular complexity index is 895. The zero-order valence-electron chi connectivity index (χ0n) is 18.5. The minimum absolute atomic E-state index is 0. The highest BCUT2D eigenvalue weighted by Crippen LogP contribution is 2.45. The number of rotatable bonds is 3. The Morgan fingerprint density at radius 1 is 1.03 bits per heavy atom. The van der Waals surface area contributed by atoms with E-state index in [1.807, 2.05) is 12.1 Å². The number of nitrogens with zero attached hydrogens (tertiary/aromatic N) is 1. The van der Waals surface area contributed by atoms with Crippen LogP contribution < -0.4 is 15.4 Å². The molecule has 2 N–H and O–H groups in total. The Balaban J connectivity index is 0.00000256. The molecule has 30 heavy (non-hydrogen) atoms. The minimum Gasteiger partial charge on any atom is -0.497 e. The van der Waals surface area contributed by atoms with E-state index < -0.39 is 0 Å². The van der Waals surface area contributed by atoms with Gasteiger partial charge in [0.15, 0.2) is 0 Å². The highest BCUT2D eigenvalue weighted by Gasteiger charge is 2.44. The van der Waals surface area contributed by atoms with E-state index in [0.29, 0.717) is 12.0 Å².